The van der Waals surface area contributed by atoms with Gasteiger partial charge in [-0.15, -0.1) is 5.10 Å². The van der Waals surface area contributed by atoms with Crippen LogP contribution in [0.4, 0.5) is 0 Å². The van der Waals surface area contributed by atoms with E-state index in [1.54, 1.807) is 4.57 Å². The van der Waals surface area contributed by atoms with Gasteiger partial charge < -0.3 is 10.5 Å². The maximum Gasteiger partial charge on any atom is 0.343 e. The topological polar surface area (TPSA) is 85.9 Å². The average Bonchev–Trinajstić information content (AvgIpc) is 2.65. The maximum atomic E-state index is 11.5. The van der Waals surface area contributed by atoms with Crippen LogP contribution in [0.15, 0.2) is 9.95 Å². The first-order valence-electron chi connectivity index (χ1n) is 5.87. The van der Waals surface area contributed by atoms with E-state index in [0.717, 1.165) is 19.4 Å². The van der Waals surface area contributed by atoms with Crippen LogP contribution < -0.4 is 11.4 Å². The summed E-state index contributed by atoms with van der Waals surface area (Å²) in [6, 6.07) is 0.107. The largest absolute Gasteiger partial charge is 0.380 e. The lowest BCUT2D eigenvalue weighted by Crippen LogP contribution is -2.41. The van der Waals surface area contributed by atoms with Crippen molar-refractivity contribution in [3.8, 4) is 0 Å². The quantitative estimate of drug-likeness (QED) is 0.805. The van der Waals surface area contributed by atoms with E-state index < -0.39 is 0 Å². The molecule has 2 heterocycles. The van der Waals surface area contributed by atoms with E-state index in [9.17, 15) is 4.79 Å². The normalized spacial score (nSPS) is 25.1. The van der Waals surface area contributed by atoms with Crippen LogP contribution in [-0.2, 0) is 11.3 Å². The summed E-state index contributed by atoms with van der Waals surface area (Å²) in [5, 5.41) is 7.41. The first-order valence-corrected chi connectivity index (χ1v) is 6.75. The summed E-state index contributed by atoms with van der Waals surface area (Å²) in [6.45, 7) is 4.06. The zero-order valence-corrected chi connectivity index (χ0v) is 10.7. The minimum absolute atomic E-state index is 0.107. The van der Waals surface area contributed by atoms with E-state index in [-0.39, 0.29) is 17.0 Å². The fraction of sp³-hybridized carbons (Fsp3) is 0.800. The molecule has 0 saturated carbocycles. The third kappa shape index (κ3) is 2.91. The van der Waals surface area contributed by atoms with Gasteiger partial charge in [0.2, 0.25) is 0 Å². The van der Waals surface area contributed by atoms with Crippen molar-refractivity contribution < 1.29 is 4.74 Å². The summed E-state index contributed by atoms with van der Waals surface area (Å²) in [5.41, 5.74) is 5.88. The number of nitrogens with one attached hydrogen (secondary N) is 1. The van der Waals surface area contributed by atoms with Gasteiger partial charge in [0, 0.05) is 19.2 Å². The molecule has 0 aromatic carbocycles. The molecule has 6 nitrogen and oxygen atoms in total. The molecule has 0 radical (unpaired) electrons. The van der Waals surface area contributed by atoms with Crippen molar-refractivity contribution in [2.24, 2.45) is 5.73 Å². The van der Waals surface area contributed by atoms with Gasteiger partial charge in [-0.05, 0) is 12.8 Å². The molecule has 2 rings (SSSR count). The number of H-pyrrole nitrogens is 1. The fourth-order valence-electron chi connectivity index (χ4n) is 1.80. The van der Waals surface area contributed by atoms with Crippen molar-refractivity contribution in [3.63, 3.8) is 0 Å². The highest BCUT2D eigenvalue weighted by atomic mass is 32.2. The number of aromatic amines is 1. The second-order valence-electron chi connectivity index (χ2n) is 4.15. The number of hydrogen-bond donors (Lipinski definition) is 2. The Morgan fingerprint density at radius 1 is 1.71 bits per heavy atom. The minimum atomic E-state index is -0.153. The SMILES string of the molecule is CCCn1c(SC2COCCC2N)n[nH]c1=O. The van der Waals surface area contributed by atoms with Gasteiger partial charge in [-0.2, -0.15) is 0 Å². The molecule has 2 atom stereocenters. The van der Waals surface area contributed by atoms with Crippen LogP contribution in [0.3, 0.4) is 0 Å². The first kappa shape index (κ1) is 12.7. The molecule has 0 aliphatic carbocycles. The molecule has 96 valence electrons. The Bertz CT molecular complexity index is 417. The highest BCUT2D eigenvalue weighted by Crippen LogP contribution is 2.25. The Hall–Kier alpha value is -0.790. The Balaban J connectivity index is 2.09. The summed E-state index contributed by atoms with van der Waals surface area (Å²) in [6.07, 6.45) is 1.76. The third-order valence-corrected chi connectivity index (χ3v) is 4.09. The van der Waals surface area contributed by atoms with Gasteiger partial charge in [0.05, 0.1) is 11.9 Å². The lowest BCUT2D eigenvalue weighted by Gasteiger charge is -2.27. The summed E-state index contributed by atoms with van der Waals surface area (Å²) >= 11 is 1.53. The van der Waals surface area contributed by atoms with Gasteiger partial charge in [-0.1, -0.05) is 18.7 Å². The number of aromatic nitrogens is 3. The molecule has 1 fully saturated rings. The summed E-state index contributed by atoms with van der Waals surface area (Å²) < 4.78 is 7.06. The van der Waals surface area contributed by atoms with Crippen LogP contribution in [0.2, 0.25) is 0 Å². The number of nitrogens with zero attached hydrogens (tertiary/aromatic N) is 2. The lowest BCUT2D eigenvalue weighted by molar-refractivity contribution is 0.0915. The smallest absolute Gasteiger partial charge is 0.343 e. The molecular formula is C10H18N4O2S. The van der Waals surface area contributed by atoms with E-state index in [4.69, 9.17) is 10.5 Å². The van der Waals surface area contributed by atoms with Crippen molar-refractivity contribution in [2.45, 2.75) is 42.8 Å². The number of thioether (sulfide) groups is 1. The van der Waals surface area contributed by atoms with Crippen molar-refractivity contribution in [2.75, 3.05) is 13.2 Å². The number of rotatable bonds is 4. The highest BCUT2D eigenvalue weighted by Gasteiger charge is 2.25. The minimum Gasteiger partial charge on any atom is -0.380 e. The monoisotopic (exact) mass is 258 g/mol. The molecule has 0 amide bonds. The predicted octanol–water partition coefficient (Wildman–Crippen LogP) is 0.190. The Morgan fingerprint density at radius 2 is 2.53 bits per heavy atom. The van der Waals surface area contributed by atoms with Gasteiger partial charge >= 0.3 is 5.69 Å². The standard InChI is InChI=1S/C10H18N4O2S/c1-2-4-14-9(15)12-13-10(14)17-8-6-16-5-3-7(8)11/h7-8H,2-6,11H2,1H3,(H,12,15). The molecule has 1 aromatic heterocycles. The molecule has 7 heteroatoms. The fourth-order valence-corrected chi connectivity index (χ4v) is 2.94. The van der Waals surface area contributed by atoms with E-state index in [1.807, 2.05) is 6.92 Å². The zero-order valence-electron chi connectivity index (χ0n) is 9.89. The Kier molecular flexibility index (Phi) is 4.25. The van der Waals surface area contributed by atoms with Gasteiger partial charge in [0.25, 0.3) is 0 Å². The summed E-state index contributed by atoms with van der Waals surface area (Å²) in [4.78, 5) is 11.5. The van der Waals surface area contributed by atoms with Crippen LogP contribution in [0.1, 0.15) is 19.8 Å². The second kappa shape index (κ2) is 5.70. The molecule has 1 aromatic rings. The maximum absolute atomic E-state index is 11.5. The summed E-state index contributed by atoms with van der Waals surface area (Å²) in [5.74, 6) is 0. The molecule has 0 bridgehead atoms. The third-order valence-electron chi connectivity index (χ3n) is 2.78. The first-order chi connectivity index (χ1) is 8.22. The summed E-state index contributed by atoms with van der Waals surface area (Å²) in [7, 11) is 0. The van der Waals surface area contributed by atoms with Crippen LogP contribution >= 0.6 is 11.8 Å². The Morgan fingerprint density at radius 3 is 3.24 bits per heavy atom. The number of ether oxygens (including phenoxy) is 1. The molecular weight excluding hydrogens is 240 g/mol. The zero-order chi connectivity index (χ0) is 12.3. The second-order valence-corrected chi connectivity index (χ2v) is 5.35. The van der Waals surface area contributed by atoms with Gasteiger partial charge in [0.1, 0.15) is 0 Å². The number of nitrogens with two attached hydrogens (primary N) is 1. The average molecular weight is 258 g/mol. The molecule has 3 N–H and O–H groups in total. The van der Waals surface area contributed by atoms with Gasteiger partial charge in [-0.25, -0.2) is 9.89 Å². The van der Waals surface area contributed by atoms with Crippen LogP contribution in [-0.4, -0.2) is 39.3 Å². The number of hydrogen-bond acceptors (Lipinski definition) is 5. The Labute approximate surface area is 104 Å². The molecule has 17 heavy (non-hydrogen) atoms. The van der Waals surface area contributed by atoms with Crippen molar-refractivity contribution in [1.29, 1.82) is 0 Å². The molecule has 0 spiro atoms. The molecule has 1 saturated heterocycles. The molecule has 1 aliphatic rings. The highest BCUT2D eigenvalue weighted by molar-refractivity contribution is 7.99. The van der Waals surface area contributed by atoms with Crippen LogP contribution in [0.25, 0.3) is 0 Å². The van der Waals surface area contributed by atoms with E-state index in [0.29, 0.717) is 18.3 Å². The van der Waals surface area contributed by atoms with E-state index in [1.165, 1.54) is 11.8 Å². The predicted molar refractivity (Wildman–Crippen MR) is 66.2 cm³/mol. The van der Waals surface area contributed by atoms with Gasteiger partial charge in [-0.3, -0.25) is 4.57 Å². The van der Waals surface area contributed by atoms with Crippen LogP contribution in [0.5, 0.6) is 0 Å². The molecule has 2 unspecified atom stereocenters. The van der Waals surface area contributed by atoms with Crippen molar-refractivity contribution in [1.82, 2.24) is 14.8 Å². The van der Waals surface area contributed by atoms with Gasteiger partial charge in [0.15, 0.2) is 5.16 Å². The lowest BCUT2D eigenvalue weighted by atomic mass is 10.1. The van der Waals surface area contributed by atoms with Crippen molar-refractivity contribution in [3.05, 3.63) is 10.5 Å². The molecule has 1 aliphatic heterocycles. The van der Waals surface area contributed by atoms with E-state index in [2.05, 4.69) is 10.2 Å². The van der Waals surface area contributed by atoms with Crippen LogP contribution in [0, 0.1) is 0 Å². The van der Waals surface area contributed by atoms with Crippen molar-refractivity contribution >= 4 is 11.8 Å². The van der Waals surface area contributed by atoms with E-state index >= 15 is 0 Å².